The molecule has 0 amide bonds. The average Bonchev–Trinajstić information content (AvgIpc) is 3.02. The van der Waals surface area contributed by atoms with E-state index in [0.717, 1.165) is 48.4 Å². The number of benzene rings is 3. The lowest BCUT2D eigenvalue weighted by molar-refractivity contribution is 0.182. The fraction of sp³-hybridized carbons (Fsp3) is 0.609. The maximum atomic E-state index is 12.1. The Bertz CT molecular complexity index is 1490. The van der Waals surface area contributed by atoms with Gasteiger partial charge >= 0.3 is 0 Å². The normalized spacial score (nSPS) is 18.6. The van der Waals surface area contributed by atoms with E-state index in [1.165, 1.54) is 60.8 Å². The van der Waals surface area contributed by atoms with E-state index in [-0.39, 0.29) is 33.7 Å². The van der Waals surface area contributed by atoms with Crippen LogP contribution in [0.25, 0.3) is 0 Å². The highest BCUT2D eigenvalue weighted by atomic mass is 16.3. The molecule has 50 heavy (non-hydrogen) atoms. The van der Waals surface area contributed by atoms with E-state index in [0.29, 0.717) is 11.5 Å². The van der Waals surface area contributed by atoms with E-state index >= 15 is 0 Å². The SMILES string of the molecule is CC(C)(C)c1cc(C(c2ccc(C(c3cc(C(C)(C)C)cc(C(C)(C)C)c3O)N3CCCCC3)cc2)N2CCCCC2)c(O)c(C(C)(C)C)c1. The van der Waals surface area contributed by atoms with E-state index in [1.807, 2.05) is 0 Å². The van der Waals surface area contributed by atoms with Crippen LogP contribution < -0.4 is 0 Å². The summed E-state index contributed by atoms with van der Waals surface area (Å²) in [6.45, 7) is 31.0. The molecule has 4 nitrogen and oxygen atoms in total. The van der Waals surface area contributed by atoms with Crippen molar-refractivity contribution in [2.75, 3.05) is 26.2 Å². The molecular formula is C46H68N2O2. The maximum Gasteiger partial charge on any atom is 0.124 e. The maximum absolute atomic E-state index is 12.1. The van der Waals surface area contributed by atoms with Gasteiger partial charge in [0.1, 0.15) is 11.5 Å². The Hall–Kier alpha value is -2.82. The molecule has 2 fully saturated rings. The number of rotatable bonds is 6. The van der Waals surface area contributed by atoms with Crippen molar-refractivity contribution < 1.29 is 10.2 Å². The molecule has 0 radical (unpaired) electrons. The third-order valence-corrected chi connectivity index (χ3v) is 11.3. The van der Waals surface area contributed by atoms with Crippen molar-refractivity contribution >= 4 is 0 Å². The summed E-state index contributed by atoms with van der Waals surface area (Å²) in [5.74, 6) is 0.880. The lowest BCUT2D eigenvalue weighted by Gasteiger charge is -2.39. The minimum atomic E-state index is -0.187. The molecule has 0 aliphatic carbocycles. The first kappa shape index (κ1) is 38.4. The minimum Gasteiger partial charge on any atom is -0.507 e. The van der Waals surface area contributed by atoms with Crippen LogP contribution in [0.15, 0.2) is 48.5 Å². The van der Waals surface area contributed by atoms with Crippen LogP contribution in [-0.4, -0.2) is 46.2 Å². The van der Waals surface area contributed by atoms with Crippen LogP contribution in [0.3, 0.4) is 0 Å². The van der Waals surface area contributed by atoms with E-state index < -0.39 is 0 Å². The van der Waals surface area contributed by atoms with Crippen LogP contribution in [-0.2, 0) is 21.7 Å². The molecule has 4 heteroatoms. The lowest BCUT2D eigenvalue weighted by Crippen LogP contribution is -2.35. The Labute approximate surface area is 305 Å². The second-order valence-corrected chi connectivity index (χ2v) is 19.6. The first-order chi connectivity index (χ1) is 23.2. The molecule has 0 aromatic heterocycles. The number of nitrogens with zero attached hydrogens (tertiary/aromatic N) is 2. The fourth-order valence-electron chi connectivity index (χ4n) is 8.13. The monoisotopic (exact) mass is 681 g/mol. The van der Waals surface area contributed by atoms with E-state index in [4.69, 9.17) is 0 Å². The molecule has 2 heterocycles. The molecule has 2 aliphatic heterocycles. The molecule has 2 atom stereocenters. The van der Waals surface area contributed by atoms with Crippen LogP contribution in [0.1, 0.15) is 178 Å². The molecule has 2 aliphatic rings. The summed E-state index contributed by atoms with van der Waals surface area (Å²) in [6.07, 6.45) is 7.23. The molecule has 2 unspecified atom stereocenters. The van der Waals surface area contributed by atoms with E-state index in [1.54, 1.807) is 0 Å². The first-order valence-corrected chi connectivity index (χ1v) is 19.5. The zero-order valence-corrected chi connectivity index (χ0v) is 33.6. The van der Waals surface area contributed by atoms with Crippen molar-refractivity contribution in [3.05, 3.63) is 93.0 Å². The van der Waals surface area contributed by atoms with Crippen molar-refractivity contribution in [2.24, 2.45) is 0 Å². The van der Waals surface area contributed by atoms with E-state index in [2.05, 4.69) is 141 Å². The highest BCUT2D eigenvalue weighted by molar-refractivity contribution is 5.55. The summed E-state index contributed by atoms with van der Waals surface area (Å²) in [5.41, 5.74) is 8.60. The Morgan fingerprint density at radius 1 is 0.440 bits per heavy atom. The molecule has 2 saturated heterocycles. The molecule has 2 N–H and O–H groups in total. The Morgan fingerprint density at radius 2 is 0.740 bits per heavy atom. The van der Waals surface area contributed by atoms with Crippen LogP contribution in [0.4, 0.5) is 0 Å². The molecule has 0 spiro atoms. The third-order valence-electron chi connectivity index (χ3n) is 11.3. The van der Waals surface area contributed by atoms with Gasteiger partial charge in [-0.3, -0.25) is 9.80 Å². The predicted molar refractivity (Wildman–Crippen MR) is 212 cm³/mol. The predicted octanol–water partition coefficient (Wildman–Crippen LogP) is 11.4. The highest BCUT2D eigenvalue weighted by Crippen LogP contribution is 2.46. The summed E-state index contributed by atoms with van der Waals surface area (Å²) in [5, 5.41) is 24.2. The number of phenolic OH excluding ortho intramolecular Hbond substituents is 2. The molecule has 5 rings (SSSR count). The topological polar surface area (TPSA) is 46.9 Å². The van der Waals surface area contributed by atoms with Crippen molar-refractivity contribution in [1.82, 2.24) is 9.80 Å². The zero-order chi connectivity index (χ0) is 36.8. The summed E-state index contributed by atoms with van der Waals surface area (Å²) in [7, 11) is 0. The van der Waals surface area contributed by atoms with Crippen LogP contribution in [0.2, 0.25) is 0 Å². The standard InChI is InChI=1S/C46H68N2O2/c1-43(2,3)33-27-35(41(49)37(29-33)45(7,8)9)39(47-23-15-13-16-24-47)31-19-21-32(22-20-31)40(48-25-17-14-18-26-48)36-28-34(44(4,5)6)30-38(42(36)50)46(10,11)12/h19-22,27-30,39-40,49-50H,13-18,23-26H2,1-12H3. The molecule has 0 saturated carbocycles. The average molecular weight is 681 g/mol. The number of hydrogen-bond donors (Lipinski definition) is 2. The van der Waals surface area contributed by atoms with Crippen LogP contribution in [0.5, 0.6) is 11.5 Å². The van der Waals surface area contributed by atoms with Gasteiger partial charge in [0, 0.05) is 11.1 Å². The molecule has 3 aromatic rings. The van der Waals surface area contributed by atoms with Gasteiger partial charge in [-0.25, -0.2) is 0 Å². The third kappa shape index (κ3) is 8.28. The van der Waals surface area contributed by atoms with Crippen molar-refractivity contribution in [3.63, 3.8) is 0 Å². The molecule has 0 bridgehead atoms. The first-order valence-electron chi connectivity index (χ1n) is 19.5. The molecular weight excluding hydrogens is 613 g/mol. The minimum absolute atomic E-state index is 0.0358. The summed E-state index contributed by atoms with van der Waals surface area (Å²) in [6, 6.07) is 18.3. The van der Waals surface area contributed by atoms with Crippen molar-refractivity contribution in [1.29, 1.82) is 0 Å². The van der Waals surface area contributed by atoms with Gasteiger partial charge in [0.25, 0.3) is 0 Å². The van der Waals surface area contributed by atoms with Crippen molar-refractivity contribution in [2.45, 2.75) is 155 Å². The Morgan fingerprint density at radius 3 is 1.00 bits per heavy atom. The summed E-state index contributed by atoms with van der Waals surface area (Å²) in [4.78, 5) is 5.20. The number of hydrogen-bond acceptors (Lipinski definition) is 4. The molecule has 3 aromatic carbocycles. The van der Waals surface area contributed by atoms with E-state index in [9.17, 15) is 10.2 Å². The number of likely N-dealkylation sites (tertiary alicyclic amines) is 2. The van der Waals surface area contributed by atoms with Crippen LogP contribution in [0, 0.1) is 0 Å². The molecule has 274 valence electrons. The number of aromatic hydroxyl groups is 2. The van der Waals surface area contributed by atoms with Gasteiger partial charge < -0.3 is 10.2 Å². The largest absolute Gasteiger partial charge is 0.507 e. The van der Waals surface area contributed by atoms with Crippen LogP contribution >= 0.6 is 0 Å². The quantitative estimate of drug-likeness (QED) is 0.272. The van der Waals surface area contributed by atoms with Gasteiger partial charge in [-0.05, 0) is 119 Å². The zero-order valence-electron chi connectivity index (χ0n) is 33.6. The van der Waals surface area contributed by atoms with Gasteiger partial charge in [0.15, 0.2) is 0 Å². The summed E-state index contributed by atoms with van der Waals surface area (Å²) < 4.78 is 0. The van der Waals surface area contributed by atoms with Gasteiger partial charge in [-0.15, -0.1) is 0 Å². The van der Waals surface area contributed by atoms with Gasteiger partial charge in [0.05, 0.1) is 12.1 Å². The second kappa shape index (κ2) is 14.3. The Balaban J connectivity index is 1.69. The highest BCUT2D eigenvalue weighted by Gasteiger charge is 2.34. The number of piperidine rings is 2. The van der Waals surface area contributed by atoms with Crippen molar-refractivity contribution in [3.8, 4) is 11.5 Å². The number of phenols is 2. The lowest BCUT2D eigenvalue weighted by atomic mass is 9.76. The summed E-state index contributed by atoms with van der Waals surface area (Å²) >= 11 is 0. The fourth-order valence-corrected chi connectivity index (χ4v) is 8.13. The smallest absolute Gasteiger partial charge is 0.124 e. The second-order valence-electron chi connectivity index (χ2n) is 19.6. The van der Waals surface area contributed by atoms with Gasteiger partial charge in [0.2, 0.25) is 0 Å². The van der Waals surface area contributed by atoms with Gasteiger partial charge in [-0.1, -0.05) is 132 Å². The van der Waals surface area contributed by atoms with Gasteiger partial charge in [-0.2, -0.15) is 0 Å². The Kier molecular flexibility index (Phi) is 11.0.